The standard InChI is InChI=1S/C19H20Cl2N2O/c1-13-4-3-5-15(10-13)12-22-8-9-23(19(24)14(22)2)16-6-7-17(20)18(21)11-16/h3-7,10-11,14H,8-9,12H2,1-2H3. The summed E-state index contributed by atoms with van der Waals surface area (Å²) in [5, 5.41) is 0.968. The van der Waals surface area contributed by atoms with E-state index >= 15 is 0 Å². The van der Waals surface area contributed by atoms with Crippen molar-refractivity contribution in [2.45, 2.75) is 26.4 Å². The SMILES string of the molecule is Cc1cccc(CN2CCN(c3ccc(Cl)c(Cl)c3)C(=O)C2C)c1. The van der Waals surface area contributed by atoms with Crippen LogP contribution in [0.3, 0.4) is 0 Å². The van der Waals surface area contributed by atoms with Crippen LogP contribution < -0.4 is 4.90 Å². The normalized spacial score (nSPS) is 18.9. The van der Waals surface area contributed by atoms with Crippen molar-refractivity contribution in [3.05, 3.63) is 63.6 Å². The molecule has 0 radical (unpaired) electrons. The molecule has 0 saturated carbocycles. The highest BCUT2D eigenvalue weighted by atomic mass is 35.5. The minimum atomic E-state index is -0.172. The largest absolute Gasteiger partial charge is 0.310 e. The summed E-state index contributed by atoms with van der Waals surface area (Å²) in [5.41, 5.74) is 3.27. The van der Waals surface area contributed by atoms with E-state index < -0.39 is 0 Å². The minimum absolute atomic E-state index is 0.0901. The first kappa shape index (κ1) is 17.3. The van der Waals surface area contributed by atoms with Crippen LogP contribution in [0.2, 0.25) is 10.0 Å². The molecular weight excluding hydrogens is 343 g/mol. The topological polar surface area (TPSA) is 23.6 Å². The minimum Gasteiger partial charge on any atom is -0.310 e. The molecule has 0 N–H and O–H groups in total. The van der Waals surface area contributed by atoms with Crippen molar-refractivity contribution in [2.75, 3.05) is 18.0 Å². The van der Waals surface area contributed by atoms with Crippen LogP contribution in [0.25, 0.3) is 0 Å². The van der Waals surface area contributed by atoms with E-state index in [0.29, 0.717) is 16.6 Å². The average Bonchev–Trinajstić information content (AvgIpc) is 2.55. The van der Waals surface area contributed by atoms with Crippen molar-refractivity contribution in [2.24, 2.45) is 0 Å². The fourth-order valence-electron chi connectivity index (χ4n) is 3.08. The maximum Gasteiger partial charge on any atom is 0.244 e. The Balaban J connectivity index is 1.74. The van der Waals surface area contributed by atoms with Crippen LogP contribution in [-0.2, 0) is 11.3 Å². The fraction of sp³-hybridized carbons (Fsp3) is 0.316. The number of aryl methyl sites for hydroxylation is 1. The lowest BCUT2D eigenvalue weighted by molar-refractivity contribution is -0.125. The predicted molar refractivity (Wildman–Crippen MR) is 99.9 cm³/mol. The number of hydrogen-bond donors (Lipinski definition) is 0. The second-order valence-electron chi connectivity index (χ2n) is 6.22. The van der Waals surface area contributed by atoms with Crippen LogP contribution in [0, 0.1) is 6.92 Å². The van der Waals surface area contributed by atoms with Crippen molar-refractivity contribution in [3.8, 4) is 0 Å². The van der Waals surface area contributed by atoms with Gasteiger partial charge in [0, 0.05) is 25.3 Å². The first-order valence-corrected chi connectivity index (χ1v) is 8.77. The van der Waals surface area contributed by atoms with Gasteiger partial charge in [-0.25, -0.2) is 0 Å². The first-order valence-electron chi connectivity index (χ1n) is 8.02. The lowest BCUT2D eigenvalue weighted by Gasteiger charge is -2.39. The molecule has 1 saturated heterocycles. The fourth-order valence-corrected chi connectivity index (χ4v) is 3.38. The summed E-state index contributed by atoms with van der Waals surface area (Å²) in [6.45, 7) is 6.29. The summed E-state index contributed by atoms with van der Waals surface area (Å²) in [6.07, 6.45) is 0. The van der Waals surface area contributed by atoms with Gasteiger partial charge in [-0.1, -0.05) is 53.0 Å². The lowest BCUT2D eigenvalue weighted by Crippen LogP contribution is -2.55. The van der Waals surface area contributed by atoms with Gasteiger partial charge in [-0.05, 0) is 37.6 Å². The highest BCUT2D eigenvalue weighted by Gasteiger charge is 2.32. The van der Waals surface area contributed by atoms with Crippen LogP contribution in [0.4, 0.5) is 5.69 Å². The molecule has 3 rings (SSSR count). The van der Waals surface area contributed by atoms with E-state index in [9.17, 15) is 4.79 Å². The molecule has 2 aromatic carbocycles. The van der Waals surface area contributed by atoms with Crippen molar-refractivity contribution in [1.82, 2.24) is 4.90 Å². The summed E-state index contributed by atoms with van der Waals surface area (Å²) in [6, 6.07) is 13.6. The molecule has 24 heavy (non-hydrogen) atoms. The maximum atomic E-state index is 12.8. The molecule has 2 aromatic rings. The highest BCUT2D eigenvalue weighted by Crippen LogP contribution is 2.29. The third-order valence-electron chi connectivity index (χ3n) is 4.46. The molecule has 1 amide bonds. The second-order valence-corrected chi connectivity index (χ2v) is 7.04. The Labute approximate surface area is 152 Å². The van der Waals surface area contributed by atoms with Crippen LogP contribution >= 0.6 is 23.2 Å². The van der Waals surface area contributed by atoms with E-state index in [2.05, 4.69) is 36.1 Å². The lowest BCUT2D eigenvalue weighted by atomic mass is 10.1. The molecule has 3 nitrogen and oxygen atoms in total. The zero-order chi connectivity index (χ0) is 17.3. The molecule has 1 unspecified atom stereocenters. The van der Waals surface area contributed by atoms with Gasteiger partial charge >= 0.3 is 0 Å². The third kappa shape index (κ3) is 3.59. The Bertz CT molecular complexity index is 763. The maximum absolute atomic E-state index is 12.8. The van der Waals surface area contributed by atoms with E-state index in [1.54, 1.807) is 17.0 Å². The number of rotatable bonds is 3. The summed E-state index contributed by atoms with van der Waals surface area (Å²) in [7, 11) is 0. The number of hydrogen-bond acceptors (Lipinski definition) is 2. The van der Waals surface area contributed by atoms with Crippen molar-refractivity contribution in [3.63, 3.8) is 0 Å². The predicted octanol–water partition coefficient (Wildman–Crippen LogP) is 4.54. The van der Waals surface area contributed by atoms with Crippen LogP contribution in [0.15, 0.2) is 42.5 Å². The average molecular weight is 363 g/mol. The highest BCUT2D eigenvalue weighted by molar-refractivity contribution is 6.42. The number of anilines is 1. The van der Waals surface area contributed by atoms with Crippen molar-refractivity contribution >= 4 is 34.8 Å². The van der Waals surface area contributed by atoms with Gasteiger partial charge in [0.25, 0.3) is 0 Å². The van der Waals surface area contributed by atoms with Crippen LogP contribution in [0.1, 0.15) is 18.1 Å². The van der Waals surface area contributed by atoms with E-state index in [1.165, 1.54) is 11.1 Å². The number of carbonyl (C=O) groups is 1. The first-order chi connectivity index (χ1) is 11.5. The number of piperazine rings is 1. The third-order valence-corrected chi connectivity index (χ3v) is 5.20. The molecule has 1 atom stereocenters. The van der Waals surface area contributed by atoms with E-state index in [0.717, 1.165) is 18.8 Å². The van der Waals surface area contributed by atoms with E-state index in [4.69, 9.17) is 23.2 Å². The summed E-state index contributed by atoms with van der Waals surface area (Å²) in [4.78, 5) is 16.8. The van der Waals surface area contributed by atoms with Crippen molar-refractivity contribution < 1.29 is 4.79 Å². The van der Waals surface area contributed by atoms with E-state index in [-0.39, 0.29) is 11.9 Å². The van der Waals surface area contributed by atoms with Gasteiger partial charge < -0.3 is 4.90 Å². The number of amides is 1. The number of nitrogens with zero attached hydrogens (tertiary/aromatic N) is 2. The van der Waals surface area contributed by atoms with Gasteiger partial charge in [0.05, 0.1) is 16.1 Å². The number of carbonyl (C=O) groups excluding carboxylic acids is 1. The van der Waals surface area contributed by atoms with Gasteiger partial charge in [0.2, 0.25) is 5.91 Å². The molecule has 1 aliphatic rings. The smallest absolute Gasteiger partial charge is 0.244 e. The molecule has 1 aliphatic heterocycles. The number of benzene rings is 2. The summed E-state index contributed by atoms with van der Waals surface area (Å²) < 4.78 is 0. The quantitative estimate of drug-likeness (QED) is 0.799. The zero-order valence-corrected chi connectivity index (χ0v) is 15.3. The van der Waals surface area contributed by atoms with Gasteiger partial charge in [0.15, 0.2) is 0 Å². The second kappa shape index (κ2) is 7.14. The molecule has 0 aliphatic carbocycles. The monoisotopic (exact) mass is 362 g/mol. The van der Waals surface area contributed by atoms with E-state index in [1.807, 2.05) is 13.0 Å². The Hall–Kier alpha value is -1.55. The van der Waals surface area contributed by atoms with Gasteiger partial charge in [-0.15, -0.1) is 0 Å². The Morgan fingerprint density at radius 2 is 1.88 bits per heavy atom. The molecule has 0 spiro atoms. The molecule has 5 heteroatoms. The van der Waals surface area contributed by atoms with Gasteiger partial charge in [0.1, 0.15) is 0 Å². The molecule has 1 heterocycles. The van der Waals surface area contributed by atoms with Gasteiger partial charge in [-0.3, -0.25) is 9.69 Å². The number of halogens is 2. The molecule has 0 aromatic heterocycles. The summed E-state index contributed by atoms with van der Waals surface area (Å²) >= 11 is 12.1. The molecule has 1 fully saturated rings. The molecule has 126 valence electrons. The Morgan fingerprint density at radius 1 is 1.08 bits per heavy atom. The zero-order valence-electron chi connectivity index (χ0n) is 13.8. The van der Waals surface area contributed by atoms with Crippen LogP contribution in [-0.4, -0.2) is 29.9 Å². The molecule has 0 bridgehead atoms. The van der Waals surface area contributed by atoms with Crippen LogP contribution in [0.5, 0.6) is 0 Å². The Kier molecular flexibility index (Phi) is 5.14. The molecular formula is C19H20Cl2N2O. The summed E-state index contributed by atoms with van der Waals surface area (Å²) in [5.74, 6) is 0.0901. The van der Waals surface area contributed by atoms with Gasteiger partial charge in [-0.2, -0.15) is 0 Å². The van der Waals surface area contributed by atoms with Crippen molar-refractivity contribution in [1.29, 1.82) is 0 Å². The Morgan fingerprint density at radius 3 is 2.58 bits per heavy atom.